The second-order valence-electron chi connectivity index (χ2n) is 15.3. The van der Waals surface area contributed by atoms with E-state index in [4.69, 9.17) is 18.5 Å². The number of carbonyl (C=O) groups is 2. The summed E-state index contributed by atoms with van der Waals surface area (Å²) in [7, 11) is 1.43. The second kappa shape index (κ2) is 38.0. The lowest BCUT2D eigenvalue weighted by Gasteiger charge is -2.24. The summed E-state index contributed by atoms with van der Waals surface area (Å²) in [5.74, 6) is -0.863. The lowest BCUT2D eigenvalue weighted by Crippen LogP contribution is -2.37. The lowest BCUT2D eigenvalue weighted by molar-refractivity contribution is -0.870. The van der Waals surface area contributed by atoms with Gasteiger partial charge in [0.2, 0.25) is 0 Å². The minimum Gasteiger partial charge on any atom is -0.462 e. The number of nitrogens with zero attached hydrogens (tertiary/aromatic N) is 1. The van der Waals surface area contributed by atoms with Crippen LogP contribution in [0.1, 0.15) is 155 Å². The molecule has 0 saturated heterocycles. The number of rotatable bonds is 38. The average molecular weight is 807 g/mol. The average Bonchev–Trinajstić information content (AvgIpc) is 3.15. The van der Waals surface area contributed by atoms with Crippen LogP contribution in [0.25, 0.3) is 0 Å². The van der Waals surface area contributed by atoms with Gasteiger partial charge in [0.1, 0.15) is 19.8 Å². The number of allylic oxidation sites excluding steroid dienone is 12. The quantitative estimate of drug-likeness (QED) is 0.0216. The van der Waals surface area contributed by atoms with E-state index < -0.39 is 32.5 Å². The van der Waals surface area contributed by atoms with Crippen LogP contribution in [0.2, 0.25) is 0 Å². The number of carbonyl (C=O) groups excluding carboxylic acids is 2. The molecule has 9 nitrogen and oxygen atoms in total. The zero-order chi connectivity index (χ0) is 41.4. The summed E-state index contributed by atoms with van der Waals surface area (Å²) in [4.78, 5) is 35.3. The first-order chi connectivity index (χ1) is 27.0. The SMILES string of the molecule is CC/C=C/C/C=C/C/C=C/C/C=C/CCCCC(=O)OC[C@H](COP(=O)(O)OCC[N+](C)(C)C)OC(=O)CCCCCCCCC/C=C/C/C=C/CCCCC. The molecule has 0 fully saturated rings. The number of phosphoric acid groups is 1. The van der Waals surface area contributed by atoms with Gasteiger partial charge < -0.3 is 18.9 Å². The molecule has 0 aromatic carbocycles. The van der Waals surface area contributed by atoms with Gasteiger partial charge in [0, 0.05) is 12.8 Å². The fraction of sp³-hybridized carbons (Fsp3) is 0.696. The maximum absolute atomic E-state index is 12.7. The molecule has 0 aliphatic heterocycles. The molecule has 0 amide bonds. The van der Waals surface area contributed by atoms with E-state index in [1.54, 1.807) is 0 Å². The summed E-state index contributed by atoms with van der Waals surface area (Å²) < 4.78 is 34.2. The molecule has 10 heteroatoms. The molecule has 2 atom stereocenters. The lowest BCUT2D eigenvalue weighted by atomic mass is 10.1. The van der Waals surface area contributed by atoms with Crippen molar-refractivity contribution in [1.29, 1.82) is 0 Å². The Labute approximate surface area is 342 Å². The maximum atomic E-state index is 12.7. The number of ether oxygens (including phenoxy) is 2. The number of phosphoric ester groups is 1. The minimum absolute atomic E-state index is 0.0196. The largest absolute Gasteiger partial charge is 0.472 e. The first kappa shape index (κ1) is 53.5. The first-order valence-corrected chi connectivity index (χ1v) is 23.2. The summed E-state index contributed by atoms with van der Waals surface area (Å²) >= 11 is 0. The zero-order valence-corrected chi connectivity index (χ0v) is 37.0. The summed E-state index contributed by atoms with van der Waals surface area (Å²) in [6.07, 6.45) is 46.6. The molecular formula is C46H81NO8P+. The monoisotopic (exact) mass is 807 g/mol. The Morgan fingerprint density at radius 3 is 1.55 bits per heavy atom. The van der Waals surface area contributed by atoms with Gasteiger partial charge in [-0.1, -0.05) is 132 Å². The minimum atomic E-state index is -4.39. The normalized spacial score (nSPS) is 14.3. The van der Waals surface area contributed by atoms with Crippen molar-refractivity contribution in [3.8, 4) is 0 Å². The van der Waals surface area contributed by atoms with Gasteiger partial charge in [0.15, 0.2) is 6.10 Å². The molecule has 1 unspecified atom stereocenters. The van der Waals surface area contributed by atoms with Crippen LogP contribution in [-0.2, 0) is 32.7 Å². The van der Waals surface area contributed by atoms with E-state index in [1.807, 2.05) is 21.1 Å². The summed E-state index contributed by atoms with van der Waals surface area (Å²) in [6.45, 7) is 4.20. The number of hydrogen-bond acceptors (Lipinski definition) is 7. The molecular weight excluding hydrogens is 725 g/mol. The van der Waals surface area contributed by atoms with E-state index in [-0.39, 0.29) is 26.1 Å². The predicted octanol–water partition coefficient (Wildman–Crippen LogP) is 12.2. The maximum Gasteiger partial charge on any atom is 0.472 e. The van der Waals surface area contributed by atoms with Gasteiger partial charge in [0.25, 0.3) is 0 Å². The van der Waals surface area contributed by atoms with Gasteiger partial charge in [-0.2, -0.15) is 0 Å². The highest BCUT2D eigenvalue weighted by Crippen LogP contribution is 2.43. The second-order valence-corrected chi connectivity index (χ2v) is 16.8. The van der Waals surface area contributed by atoms with E-state index >= 15 is 0 Å². The van der Waals surface area contributed by atoms with Crippen LogP contribution in [0.5, 0.6) is 0 Å². The molecule has 0 spiro atoms. The molecule has 0 aliphatic carbocycles. The number of hydrogen-bond donors (Lipinski definition) is 1. The Kier molecular flexibility index (Phi) is 36.3. The number of unbranched alkanes of at least 4 members (excludes halogenated alkanes) is 12. The van der Waals surface area contributed by atoms with E-state index in [2.05, 4.69) is 86.8 Å². The Balaban J connectivity index is 4.46. The van der Waals surface area contributed by atoms with E-state index in [0.29, 0.717) is 23.9 Å². The highest BCUT2D eigenvalue weighted by molar-refractivity contribution is 7.47. The van der Waals surface area contributed by atoms with Crippen LogP contribution >= 0.6 is 7.82 Å². The van der Waals surface area contributed by atoms with Crippen molar-refractivity contribution in [2.75, 3.05) is 47.5 Å². The van der Waals surface area contributed by atoms with Crippen LogP contribution in [0, 0.1) is 0 Å². The van der Waals surface area contributed by atoms with Crippen molar-refractivity contribution < 1.29 is 42.1 Å². The molecule has 0 heterocycles. The van der Waals surface area contributed by atoms with Crippen molar-refractivity contribution >= 4 is 19.8 Å². The summed E-state index contributed by atoms with van der Waals surface area (Å²) in [5.41, 5.74) is 0. The molecule has 0 aromatic rings. The molecule has 0 bridgehead atoms. The molecule has 56 heavy (non-hydrogen) atoms. The number of likely N-dealkylation sites (N-methyl/N-ethyl adjacent to an activating group) is 1. The third-order valence-electron chi connectivity index (χ3n) is 8.72. The van der Waals surface area contributed by atoms with Crippen molar-refractivity contribution in [2.24, 2.45) is 0 Å². The standard InChI is InChI=1S/C46H80NO8P/c1-6-8-10-12-14-16-18-20-22-23-25-27-29-31-33-35-37-39-46(49)55-44(43-54-56(50,51)53-41-40-47(3,4)5)42-52-45(48)38-36-34-32-30-28-26-24-21-19-17-15-13-11-9-7-2/h9,11,14-17,20-22,24,28,30,44H,6-8,10,12-13,18-19,23,25-27,29,31-43H2,1-5H3/p+1/b11-9+,16-14+,17-15+,22-20+,24-21+,30-28+/t44-/m1/s1. The van der Waals surface area contributed by atoms with Gasteiger partial charge in [-0.05, 0) is 83.5 Å². The molecule has 0 aromatic heterocycles. The summed E-state index contributed by atoms with van der Waals surface area (Å²) in [5, 5.41) is 0. The van der Waals surface area contributed by atoms with Crippen molar-refractivity contribution in [3.63, 3.8) is 0 Å². The fourth-order valence-corrected chi connectivity index (χ4v) is 6.07. The van der Waals surface area contributed by atoms with E-state index in [9.17, 15) is 19.0 Å². The van der Waals surface area contributed by atoms with Crippen molar-refractivity contribution in [3.05, 3.63) is 72.9 Å². The third-order valence-corrected chi connectivity index (χ3v) is 9.70. The van der Waals surface area contributed by atoms with Gasteiger partial charge in [-0.3, -0.25) is 18.6 Å². The zero-order valence-electron chi connectivity index (χ0n) is 36.1. The summed E-state index contributed by atoms with van der Waals surface area (Å²) in [6, 6.07) is 0. The van der Waals surface area contributed by atoms with Crippen molar-refractivity contribution in [2.45, 2.75) is 161 Å². The molecule has 0 aliphatic rings. The van der Waals surface area contributed by atoms with Crippen molar-refractivity contribution in [1.82, 2.24) is 0 Å². The topological polar surface area (TPSA) is 108 Å². The van der Waals surface area contributed by atoms with E-state index in [0.717, 1.165) is 70.6 Å². The van der Waals surface area contributed by atoms with E-state index in [1.165, 1.54) is 44.9 Å². The molecule has 0 rings (SSSR count). The van der Waals surface area contributed by atoms with Crippen LogP contribution in [-0.4, -0.2) is 74.9 Å². The van der Waals surface area contributed by atoms with Gasteiger partial charge in [-0.25, -0.2) is 4.57 Å². The third kappa shape index (κ3) is 41.1. The molecule has 1 N–H and O–H groups in total. The smallest absolute Gasteiger partial charge is 0.462 e. The van der Waals surface area contributed by atoms with Crippen LogP contribution in [0.3, 0.4) is 0 Å². The number of quaternary nitrogens is 1. The molecule has 322 valence electrons. The molecule has 0 radical (unpaired) electrons. The fourth-order valence-electron chi connectivity index (χ4n) is 5.33. The highest BCUT2D eigenvalue weighted by Gasteiger charge is 2.27. The van der Waals surface area contributed by atoms with Crippen LogP contribution in [0.4, 0.5) is 0 Å². The Morgan fingerprint density at radius 1 is 0.571 bits per heavy atom. The predicted molar refractivity (Wildman–Crippen MR) is 233 cm³/mol. The van der Waals surface area contributed by atoms with Crippen LogP contribution < -0.4 is 0 Å². The van der Waals surface area contributed by atoms with Crippen LogP contribution in [0.15, 0.2) is 72.9 Å². The Morgan fingerprint density at radius 2 is 1.02 bits per heavy atom. The number of esters is 2. The molecule has 0 saturated carbocycles. The van der Waals surface area contributed by atoms with Gasteiger partial charge in [-0.15, -0.1) is 0 Å². The highest BCUT2D eigenvalue weighted by atomic mass is 31.2. The first-order valence-electron chi connectivity index (χ1n) is 21.7. The Hall–Kier alpha value is -2.55. The Bertz CT molecular complexity index is 1180. The van der Waals surface area contributed by atoms with Gasteiger partial charge >= 0.3 is 19.8 Å². The van der Waals surface area contributed by atoms with Gasteiger partial charge in [0.05, 0.1) is 27.7 Å².